The first-order chi connectivity index (χ1) is 6.00. The Kier molecular flexibility index (Phi) is 2.98. The molecule has 3 heteroatoms. The summed E-state index contributed by atoms with van der Waals surface area (Å²) in [7, 11) is 0. The molecular formula is C10H13F2N. The third-order valence-electron chi connectivity index (χ3n) is 1.87. The Morgan fingerprint density at radius 2 is 1.92 bits per heavy atom. The van der Waals surface area contributed by atoms with Gasteiger partial charge in [-0.05, 0) is 43.5 Å². The molecule has 0 bridgehead atoms. The molecule has 0 aromatic heterocycles. The smallest absolute Gasteiger partial charge is 0.126 e. The standard InChI is InChI=1S/C10H13F2N/c1-6-3-10(12)8(4-7(2)13)5-9(6)11/h3,5,7H,4,13H2,1-2H3/t7-/m0/s1. The van der Waals surface area contributed by atoms with Gasteiger partial charge in [-0.15, -0.1) is 0 Å². The molecule has 0 unspecified atom stereocenters. The van der Waals surface area contributed by atoms with Gasteiger partial charge in [-0.3, -0.25) is 0 Å². The topological polar surface area (TPSA) is 26.0 Å². The molecule has 0 radical (unpaired) electrons. The third-order valence-corrected chi connectivity index (χ3v) is 1.87. The van der Waals surface area contributed by atoms with Crippen molar-refractivity contribution in [1.29, 1.82) is 0 Å². The van der Waals surface area contributed by atoms with E-state index in [0.29, 0.717) is 17.5 Å². The fourth-order valence-corrected chi connectivity index (χ4v) is 1.19. The maximum atomic E-state index is 13.2. The van der Waals surface area contributed by atoms with Gasteiger partial charge in [0.2, 0.25) is 0 Å². The van der Waals surface area contributed by atoms with E-state index >= 15 is 0 Å². The van der Waals surface area contributed by atoms with Crippen LogP contribution in [0.15, 0.2) is 12.1 Å². The van der Waals surface area contributed by atoms with Gasteiger partial charge < -0.3 is 5.73 Å². The van der Waals surface area contributed by atoms with Gasteiger partial charge in [0.1, 0.15) is 11.6 Å². The second-order valence-electron chi connectivity index (χ2n) is 3.37. The number of nitrogens with two attached hydrogens (primary N) is 1. The Bertz CT molecular complexity index is 308. The summed E-state index contributed by atoms with van der Waals surface area (Å²) in [6.07, 6.45) is 0.364. The molecule has 2 N–H and O–H groups in total. The molecule has 1 rings (SSSR count). The van der Waals surface area contributed by atoms with Crippen molar-refractivity contribution in [3.8, 4) is 0 Å². The summed E-state index contributed by atoms with van der Waals surface area (Å²) >= 11 is 0. The molecule has 0 saturated carbocycles. The maximum Gasteiger partial charge on any atom is 0.126 e. The van der Waals surface area contributed by atoms with Crippen molar-refractivity contribution >= 4 is 0 Å². The van der Waals surface area contributed by atoms with Crippen LogP contribution in [0, 0.1) is 18.6 Å². The van der Waals surface area contributed by atoms with E-state index < -0.39 is 0 Å². The number of benzene rings is 1. The van der Waals surface area contributed by atoms with Crippen LogP contribution in [0.5, 0.6) is 0 Å². The molecule has 0 amide bonds. The molecule has 0 aliphatic rings. The van der Waals surface area contributed by atoms with Crippen LogP contribution in [-0.4, -0.2) is 6.04 Å². The number of aryl methyl sites for hydroxylation is 1. The van der Waals surface area contributed by atoms with Crippen LogP contribution >= 0.6 is 0 Å². The normalized spacial score (nSPS) is 13.0. The van der Waals surface area contributed by atoms with Gasteiger partial charge in [-0.1, -0.05) is 0 Å². The average molecular weight is 185 g/mol. The predicted octanol–water partition coefficient (Wildman–Crippen LogP) is 2.16. The van der Waals surface area contributed by atoms with Gasteiger partial charge in [0, 0.05) is 6.04 Å². The highest BCUT2D eigenvalue weighted by Gasteiger charge is 2.08. The first kappa shape index (κ1) is 10.1. The molecule has 72 valence electrons. The van der Waals surface area contributed by atoms with Crippen LogP contribution < -0.4 is 5.73 Å². The van der Waals surface area contributed by atoms with Gasteiger partial charge in [0.15, 0.2) is 0 Å². The van der Waals surface area contributed by atoms with E-state index in [9.17, 15) is 8.78 Å². The first-order valence-electron chi connectivity index (χ1n) is 4.21. The molecule has 0 heterocycles. The van der Waals surface area contributed by atoms with E-state index in [4.69, 9.17) is 5.73 Å². The highest BCUT2D eigenvalue weighted by Crippen LogP contribution is 2.15. The second-order valence-corrected chi connectivity index (χ2v) is 3.37. The van der Waals surface area contributed by atoms with Crippen molar-refractivity contribution in [2.24, 2.45) is 5.73 Å². The van der Waals surface area contributed by atoms with Crippen molar-refractivity contribution in [2.45, 2.75) is 26.3 Å². The molecule has 1 aromatic carbocycles. The molecule has 0 saturated heterocycles. The quantitative estimate of drug-likeness (QED) is 0.750. The molecular weight excluding hydrogens is 172 g/mol. The van der Waals surface area contributed by atoms with Gasteiger partial charge in [-0.25, -0.2) is 8.78 Å². The molecule has 0 fully saturated rings. The number of rotatable bonds is 2. The SMILES string of the molecule is Cc1cc(F)c(C[C@H](C)N)cc1F. The molecule has 1 aromatic rings. The van der Waals surface area contributed by atoms with E-state index in [1.54, 1.807) is 6.92 Å². The fraction of sp³-hybridized carbons (Fsp3) is 0.400. The van der Waals surface area contributed by atoms with Crippen LogP contribution in [0.3, 0.4) is 0 Å². The Morgan fingerprint density at radius 3 is 2.46 bits per heavy atom. The van der Waals surface area contributed by atoms with E-state index in [1.807, 2.05) is 0 Å². The average Bonchev–Trinajstić information content (AvgIpc) is 1.99. The van der Waals surface area contributed by atoms with Gasteiger partial charge >= 0.3 is 0 Å². The van der Waals surface area contributed by atoms with Crippen molar-refractivity contribution in [2.75, 3.05) is 0 Å². The lowest BCUT2D eigenvalue weighted by Gasteiger charge is -2.07. The Morgan fingerprint density at radius 1 is 1.31 bits per heavy atom. The summed E-state index contributed by atoms with van der Waals surface area (Å²) in [4.78, 5) is 0. The molecule has 0 spiro atoms. The summed E-state index contributed by atoms with van der Waals surface area (Å²) in [5.74, 6) is -0.756. The lowest BCUT2D eigenvalue weighted by atomic mass is 10.0. The number of hydrogen-bond acceptors (Lipinski definition) is 1. The van der Waals surface area contributed by atoms with Crippen molar-refractivity contribution in [3.63, 3.8) is 0 Å². The lowest BCUT2D eigenvalue weighted by molar-refractivity contribution is 0.569. The summed E-state index contributed by atoms with van der Waals surface area (Å²) in [6.45, 7) is 3.30. The van der Waals surface area contributed by atoms with Crippen molar-refractivity contribution in [3.05, 3.63) is 34.9 Å². The van der Waals surface area contributed by atoms with Crippen molar-refractivity contribution < 1.29 is 8.78 Å². The van der Waals surface area contributed by atoms with E-state index in [2.05, 4.69) is 0 Å². The van der Waals surface area contributed by atoms with Gasteiger partial charge in [-0.2, -0.15) is 0 Å². The van der Waals surface area contributed by atoms with Crippen LogP contribution in [0.4, 0.5) is 8.78 Å². The molecule has 1 atom stereocenters. The second kappa shape index (κ2) is 3.83. The minimum absolute atomic E-state index is 0.156. The van der Waals surface area contributed by atoms with Crippen LogP contribution in [0.25, 0.3) is 0 Å². The zero-order chi connectivity index (χ0) is 10.0. The largest absolute Gasteiger partial charge is 0.328 e. The Balaban J connectivity index is 3.01. The fourth-order valence-electron chi connectivity index (χ4n) is 1.19. The highest BCUT2D eigenvalue weighted by molar-refractivity contribution is 5.25. The van der Waals surface area contributed by atoms with E-state index in [-0.39, 0.29) is 17.7 Å². The van der Waals surface area contributed by atoms with E-state index in [0.717, 1.165) is 0 Å². The van der Waals surface area contributed by atoms with Gasteiger partial charge in [0.25, 0.3) is 0 Å². The number of hydrogen-bond donors (Lipinski definition) is 1. The zero-order valence-electron chi connectivity index (χ0n) is 7.77. The summed E-state index contributed by atoms with van der Waals surface area (Å²) in [5, 5.41) is 0. The maximum absolute atomic E-state index is 13.2. The number of halogens is 2. The monoisotopic (exact) mass is 185 g/mol. The zero-order valence-corrected chi connectivity index (χ0v) is 7.77. The lowest BCUT2D eigenvalue weighted by Crippen LogP contribution is -2.18. The summed E-state index contributed by atoms with van der Waals surface area (Å²) < 4.78 is 26.2. The van der Waals surface area contributed by atoms with Crippen LogP contribution in [0.2, 0.25) is 0 Å². The molecule has 13 heavy (non-hydrogen) atoms. The molecule has 0 aliphatic heterocycles. The Hall–Kier alpha value is -0.960. The Labute approximate surface area is 76.6 Å². The summed E-state index contributed by atoms with van der Waals surface area (Å²) in [6, 6.07) is 2.26. The van der Waals surface area contributed by atoms with Crippen LogP contribution in [-0.2, 0) is 6.42 Å². The third kappa shape index (κ3) is 2.49. The molecule has 0 aliphatic carbocycles. The molecule has 1 nitrogen and oxygen atoms in total. The minimum Gasteiger partial charge on any atom is -0.328 e. The van der Waals surface area contributed by atoms with Crippen molar-refractivity contribution in [1.82, 2.24) is 0 Å². The summed E-state index contributed by atoms with van der Waals surface area (Å²) in [5.41, 5.74) is 6.16. The van der Waals surface area contributed by atoms with Crippen LogP contribution in [0.1, 0.15) is 18.1 Å². The first-order valence-corrected chi connectivity index (χ1v) is 4.21. The minimum atomic E-state index is -0.379. The predicted molar refractivity (Wildman–Crippen MR) is 48.4 cm³/mol. The highest BCUT2D eigenvalue weighted by atomic mass is 19.1. The van der Waals surface area contributed by atoms with E-state index in [1.165, 1.54) is 19.1 Å². The van der Waals surface area contributed by atoms with Gasteiger partial charge in [0.05, 0.1) is 0 Å².